The molecule has 6 nitrogen and oxygen atoms in total. The first-order chi connectivity index (χ1) is 15.4. The molecule has 1 heterocycles. The van der Waals surface area contributed by atoms with E-state index in [-0.39, 0.29) is 27.6 Å². The fraction of sp³-hybridized carbons (Fsp3) is 0.0417. The highest BCUT2D eigenvalue weighted by molar-refractivity contribution is 6.36. The Hall–Kier alpha value is -3.61. The number of pyridine rings is 1. The molecule has 3 aromatic carbocycles. The van der Waals surface area contributed by atoms with E-state index in [0.717, 1.165) is 0 Å². The molecular formula is C24H17Cl2N3O3. The van der Waals surface area contributed by atoms with Crippen LogP contribution < -0.4 is 11.0 Å². The van der Waals surface area contributed by atoms with Crippen molar-refractivity contribution >= 4 is 45.7 Å². The van der Waals surface area contributed by atoms with Gasteiger partial charge < -0.3 is 5.11 Å². The van der Waals surface area contributed by atoms with Gasteiger partial charge in [-0.3, -0.25) is 14.2 Å². The molecule has 1 aromatic heterocycles. The Morgan fingerprint density at radius 1 is 1.00 bits per heavy atom. The second kappa shape index (κ2) is 8.86. The molecular weight excluding hydrogens is 449 g/mol. The lowest BCUT2D eigenvalue weighted by molar-refractivity contribution is 0.0955. The molecule has 4 rings (SSSR count). The number of fused-ring (bicyclic) bond motifs is 1. The molecule has 1 amide bonds. The number of aromatic hydroxyl groups is 1. The molecule has 0 aliphatic rings. The Bertz CT molecular complexity index is 1430. The van der Waals surface area contributed by atoms with E-state index in [4.69, 9.17) is 23.2 Å². The maximum Gasteiger partial charge on any atom is 0.272 e. The Morgan fingerprint density at radius 3 is 2.41 bits per heavy atom. The van der Waals surface area contributed by atoms with Gasteiger partial charge in [-0.2, -0.15) is 5.10 Å². The molecule has 0 atom stereocenters. The van der Waals surface area contributed by atoms with Crippen LogP contribution >= 0.6 is 23.2 Å². The van der Waals surface area contributed by atoms with Crippen LogP contribution in [0.4, 0.5) is 0 Å². The summed E-state index contributed by atoms with van der Waals surface area (Å²) in [5.74, 6) is -0.785. The van der Waals surface area contributed by atoms with Gasteiger partial charge >= 0.3 is 0 Å². The van der Waals surface area contributed by atoms with Gasteiger partial charge in [-0.1, -0.05) is 53.5 Å². The first-order valence-electron chi connectivity index (χ1n) is 9.60. The van der Waals surface area contributed by atoms with Crippen molar-refractivity contribution in [1.82, 2.24) is 9.99 Å². The van der Waals surface area contributed by atoms with E-state index in [0.29, 0.717) is 21.6 Å². The summed E-state index contributed by atoms with van der Waals surface area (Å²) in [5, 5.41) is 16.0. The summed E-state index contributed by atoms with van der Waals surface area (Å²) >= 11 is 11.9. The van der Waals surface area contributed by atoms with Crippen LogP contribution in [-0.4, -0.2) is 21.3 Å². The van der Waals surface area contributed by atoms with Crippen molar-refractivity contribution in [1.29, 1.82) is 0 Å². The highest BCUT2D eigenvalue weighted by Crippen LogP contribution is 2.28. The molecule has 4 aromatic rings. The Kier molecular flexibility index (Phi) is 5.99. The number of benzene rings is 3. The van der Waals surface area contributed by atoms with Crippen LogP contribution in [0.25, 0.3) is 16.6 Å². The van der Waals surface area contributed by atoms with Crippen molar-refractivity contribution in [3.05, 3.63) is 104 Å². The molecule has 0 bridgehead atoms. The molecule has 0 spiro atoms. The second-order valence-electron chi connectivity index (χ2n) is 6.98. The monoisotopic (exact) mass is 465 g/mol. The van der Waals surface area contributed by atoms with E-state index in [1.807, 2.05) is 18.2 Å². The zero-order chi connectivity index (χ0) is 22.8. The average molecular weight is 466 g/mol. The van der Waals surface area contributed by atoms with Crippen LogP contribution in [0.1, 0.15) is 22.8 Å². The number of aromatic nitrogens is 1. The van der Waals surface area contributed by atoms with Gasteiger partial charge in [0.05, 0.1) is 21.8 Å². The predicted octanol–water partition coefficient (Wildman–Crippen LogP) is 5.16. The van der Waals surface area contributed by atoms with Crippen molar-refractivity contribution in [3.8, 4) is 11.4 Å². The minimum atomic E-state index is -0.574. The fourth-order valence-corrected chi connectivity index (χ4v) is 3.90. The van der Waals surface area contributed by atoms with Crippen LogP contribution in [0.2, 0.25) is 10.0 Å². The van der Waals surface area contributed by atoms with Crippen LogP contribution in [0.5, 0.6) is 5.75 Å². The van der Waals surface area contributed by atoms with Gasteiger partial charge in [-0.05, 0) is 49.4 Å². The lowest BCUT2D eigenvalue weighted by atomic mass is 10.1. The highest BCUT2D eigenvalue weighted by Gasteiger charge is 2.20. The zero-order valence-electron chi connectivity index (χ0n) is 16.8. The number of hydrogen-bond donors (Lipinski definition) is 2. The summed E-state index contributed by atoms with van der Waals surface area (Å²) in [5.41, 5.74) is 3.40. The van der Waals surface area contributed by atoms with Gasteiger partial charge in [-0.15, -0.1) is 0 Å². The molecule has 32 heavy (non-hydrogen) atoms. The van der Waals surface area contributed by atoms with Gasteiger partial charge in [0.2, 0.25) is 0 Å². The maximum absolute atomic E-state index is 13.4. The second-order valence-corrected chi connectivity index (χ2v) is 7.82. The summed E-state index contributed by atoms with van der Waals surface area (Å²) in [6.07, 6.45) is 0. The zero-order valence-corrected chi connectivity index (χ0v) is 18.4. The number of amides is 1. The topological polar surface area (TPSA) is 83.7 Å². The minimum absolute atomic E-state index is 0.0185. The molecule has 0 aliphatic heterocycles. The number of para-hydroxylation sites is 2. The number of nitrogens with zero attached hydrogens (tertiary/aromatic N) is 2. The van der Waals surface area contributed by atoms with Crippen LogP contribution in [0.15, 0.2) is 82.7 Å². The maximum atomic E-state index is 13.4. The number of carbonyl (C=O) groups excluding carboxylic acids is 1. The normalized spacial score (nSPS) is 11.5. The summed E-state index contributed by atoms with van der Waals surface area (Å²) in [6, 6.07) is 20.6. The van der Waals surface area contributed by atoms with Crippen LogP contribution in [0.3, 0.4) is 0 Å². The molecule has 2 N–H and O–H groups in total. The molecule has 0 aliphatic carbocycles. The lowest BCUT2D eigenvalue weighted by Crippen LogP contribution is -2.27. The number of carbonyl (C=O) groups is 1. The summed E-state index contributed by atoms with van der Waals surface area (Å²) in [6.45, 7) is 1.53. The van der Waals surface area contributed by atoms with Crippen molar-refractivity contribution in [2.75, 3.05) is 0 Å². The van der Waals surface area contributed by atoms with Gasteiger partial charge in [0.1, 0.15) is 11.3 Å². The molecule has 160 valence electrons. The molecule has 0 saturated heterocycles. The quantitative estimate of drug-likeness (QED) is 0.322. The van der Waals surface area contributed by atoms with E-state index >= 15 is 0 Å². The van der Waals surface area contributed by atoms with Crippen molar-refractivity contribution in [2.24, 2.45) is 5.10 Å². The number of rotatable bonds is 4. The number of hydrogen-bond acceptors (Lipinski definition) is 4. The molecule has 8 heteroatoms. The Labute approximate surface area is 193 Å². The van der Waals surface area contributed by atoms with E-state index in [2.05, 4.69) is 10.5 Å². The standard InChI is InChI=1S/C24H17Cl2N3O3/c1-14(27-28-23(31)17-12-11-15(25)13-19(17)26)21-22(30)18-9-5-6-10-20(18)29(24(21)32)16-7-3-2-4-8-16/h2-13,30H,1H3,(H,28,31)/b27-14+. The molecule has 0 fully saturated rings. The third-order valence-corrected chi connectivity index (χ3v) is 5.48. The van der Waals surface area contributed by atoms with Gasteiger partial charge in [-0.25, -0.2) is 5.43 Å². The minimum Gasteiger partial charge on any atom is -0.506 e. The van der Waals surface area contributed by atoms with Gasteiger partial charge in [0.25, 0.3) is 11.5 Å². The Morgan fingerprint density at radius 2 is 1.69 bits per heavy atom. The van der Waals surface area contributed by atoms with Crippen molar-refractivity contribution < 1.29 is 9.90 Å². The molecule has 0 radical (unpaired) electrons. The van der Waals surface area contributed by atoms with Crippen LogP contribution in [-0.2, 0) is 0 Å². The van der Waals surface area contributed by atoms with E-state index < -0.39 is 11.5 Å². The average Bonchev–Trinajstić information content (AvgIpc) is 2.78. The molecule has 0 unspecified atom stereocenters. The SMILES string of the molecule is C/C(=N\NC(=O)c1ccc(Cl)cc1Cl)c1c(O)c2ccccc2n(-c2ccccc2)c1=O. The number of hydrazone groups is 1. The third-order valence-electron chi connectivity index (χ3n) is 4.93. The number of nitrogens with one attached hydrogen (secondary N) is 1. The summed E-state index contributed by atoms with van der Waals surface area (Å²) in [7, 11) is 0. The first kappa shape index (κ1) is 21.6. The smallest absolute Gasteiger partial charge is 0.272 e. The summed E-state index contributed by atoms with van der Waals surface area (Å²) < 4.78 is 1.50. The predicted molar refractivity (Wildman–Crippen MR) is 127 cm³/mol. The third kappa shape index (κ3) is 3.98. The van der Waals surface area contributed by atoms with Gasteiger partial charge in [0, 0.05) is 16.1 Å². The lowest BCUT2D eigenvalue weighted by Gasteiger charge is -2.15. The fourth-order valence-electron chi connectivity index (χ4n) is 3.41. The van der Waals surface area contributed by atoms with E-state index in [1.165, 1.54) is 29.7 Å². The number of halogens is 2. The first-order valence-corrected chi connectivity index (χ1v) is 10.4. The van der Waals surface area contributed by atoms with Gasteiger partial charge in [0.15, 0.2) is 0 Å². The Balaban J connectivity index is 1.82. The molecule has 0 saturated carbocycles. The van der Waals surface area contributed by atoms with E-state index in [9.17, 15) is 14.7 Å². The summed E-state index contributed by atoms with van der Waals surface area (Å²) in [4.78, 5) is 25.9. The highest BCUT2D eigenvalue weighted by atomic mass is 35.5. The van der Waals surface area contributed by atoms with Crippen molar-refractivity contribution in [2.45, 2.75) is 6.92 Å². The van der Waals surface area contributed by atoms with E-state index in [1.54, 1.807) is 36.4 Å². The van der Waals surface area contributed by atoms with Crippen LogP contribution in [0, 0.1) is 0 Å². The van der Waals surface area contributed by atoms with Crippen molar-refractivity contribution in [3.63, 3.8) is 0 Å². The largest absolute Gasteiger partial charge is 0.506 e.